The minimum atomic E-state index is -0.614. The first kappa shape index (κ1) is 41.1. The number of aliphatic hydroxyl groups excluding tert-OH is 1. The number of ether oxygens (including phenoxy) is 1. The van der Waals surface area contributed by atoms with E-state index in [1.165, 1.54) is 18.1 Å². The number of aryl methyl sites for hydroxylation is 2. The molecule has 0 aromatic heterocycles. The number of carboxylic acid groups (broad SMARTS) is 1. The molecule has 1 aromatic carbocycles. The Morgan fingerprint density at radius 2 is 1.52 bits per heavy atom. The lowest BCUT2D eigenvalue weighted by molar-refractivity contribution is -0.152. The maximum absolute atomic E-state index is 10.7. The summed E-state index contributed by atoms with van der Waals surface area (Å²) in [6.45, 7) is 25.3. The van der Waals surface area contributed by atoms with Crippen LogP contribution in [0.3, 0.4) is 0 Å². The highest BCUT2D eigenvalue weighted by Gasteiger charge is 2.15. The van der Waals surface area contributed by atoms with Crippen LogP contribution in [-0.2, 0) is 20.7 Å². The lowest BCUT2D eigenvalue weighted by Gasteiger charge is -2.17. The van der Waals surface area contributed by atoms with Gasteiger partial charge in [-0.25, -0.2) is 0 Å². The summed E-state index contributed by atoms with van der Waals surface area (Å²) < 4.78 is 4.80. The third-order valence-corrected chi connectivity index (χ3v) is 6.65. The lowest BCUT2D eigenvalue weighted by atomic mass is 9.96. The van der Waals surface area contributed by atoms with E-state index in [-0.39, 0.29) is 17.5 Å². The molecule has 0 saturated heterocycles. The standard InChI is InChI=1S/C21H28O.C10H20O2.C6H12O2/c1-7-10-16(5)20(15(4)8-2)14-21(22)19-12-11-18(9-3)13-17(19)6;1-3-5-7-9(10(11)12)8-6-4-2;1-5(7)8-6(2,3)4/h7,10-14,22H,1,8-9H2,2-6H3;9H,3-8H2,1-2H3,(H,11,12);1-4H3/b16-10+,20-15-,21-14+;;. The van der Waals surface area contributed by atoms with E-state index in [0.717, 1.165) is 73.6 Å². The van der Waals surface area contributed by atoms with Crippen molar-refractivity contribution in [2.45, 2.75) is 133 Å². The molecule has 2 N–H and O–H groups in total. The van der Waals surface area contributed by atoms with Crippen LogP contribution < -0.4 is 0 Å². The number of carbonyl (C=O) groups is 2. The molecule has 0 saturated carbocycles. The molecule has 0 amide bonds. The molecule has 0 aliphatic rings. The number of carboxylic acids is 1. The number of carbonyl (C=O) groups excluding carboxylic acids is 1. The van der Waals surface area contributed by atoms with E-state index in [2.05, 4.69) is 53.3 Å². The van der Waals surface area contributed by atoms with Gasteiger partial charge in [-0.05, 0) is 95.6 Å². The van der Waals surface area contributed by atoms with Crippen molar-refractivity contribution in [1.29, 1.82) is 0 Å². The molecule has 0 bridgehead atoms. The zero-order valence-corrected chi connectivity index (χ0v) is 28.5. The van der Waals surface area contributed by atoms with E-state index in [0.29, 0.717) is 5.76 Å². The number of esters is 1. The first-order valence-corrected chi connectivity index (χ1v) is 15.5. The Kier molecular flexibility index (Phi) is 22.0. The summed E-state index contributed by atoms with van der Waals surface area (Å²) in [5, 5.41) is 19.4. The van der Waals surface area contributed by atoms with E-state index in [4.69, 9.17) is 9.84 Å². The largest absolute Gasteiger partial charge is 0.507 e. The van der Waals surface area contributed by atoms with Gasteiger partial charge in [0.1, 0.15) is 11.4 Å². The summed E-state index contributed by atoms with van der Waals surface area (Å²) in [6, 6.07) is 6.22. The molecule has 0 aliphatic carbocycles. The molecule has 1 aromatic rings. The van der Waals surface area contributed by atoms with Crippen LogP contribution in [0.5, 0.6) is 0 Å². The second kappa shape index (κ2) is 22.5. The first-order chi connectivity index (χ1) is 19.6. The molecule has 1 rings (SSSR count). The van der Waals surface area contributed by atoms with Gasteiger partial charge >= 0.3 is 11.9 Å². The number of aliphatic hydroxyl groups is 1. The summed E-state index contributed by atoms with van der Waals surface area (Å²) in [5.74, 6) is -0.612. The van der Waals surface area contributed by atoms with E-state index >= 15 is 0 Å². The molecule has 0 fully saturated rings. The zero-order valence-electron chi connectivity index (χ0n) is 28.5. The Labute approximate surface area is 257 Å². The quantitative estimate of drug-likeness (QED) is 0.137. The second-order valence-electron chi connectivity index (χ2n) is 11.7. The van der Waals surface area contributed by atoms with Crippen LogP contribution in [0.15, 0.2) is 59.7 Å². The fourth-order valence-electron chi connectivity index (χ4n) is 4.20. The van der Waals surface area contributed by atoms with Crippen molar-refractivity contribution in [3.8, 4) is 0 Å². The minimum absolute atomic E-state index is 0.0927. The molecule has 0 aliphatic heterocycles. The van der Waals surface area contributed by atoms with Crippen LogP contribution in [0.2, 0.25) is 0 Å². The number of unbranched alkanes of at least 4 members (excludes halogenated alkanes) is 2. The van der Waals surface area contributed by atoms with Crippen molar-refractivity contribution in [3.05, 3.63) is 76.4 Å². The van der Waals surface area contributed by atoms with E-state index in [9.17, 15) is 14.7 Å². The normalized spacial score (nSPS) is 12.4. The average Bonchev–Trinajstić information content (AvgIpc) is 2.90. The third-order valence-electron chi connectivity index (χ3n) is 6.65. The van der Waals surface area contributed by atoms with Crippen LogP contribution in [0.4, 0.5) is 0 Å². The number of benzene rings is 1. The lowest BCUT2D eigenvalue weighted by Crippen LogP contribution is -2.21. The highest BCUT2D eigenvalue weighted by Crippen LogP contribution is 2.25. The summed E-state index contributed by atoms with van der Waals surface area (Å²) in [5.41, 5.74) is 6.41. The Bertz CT molecular complexity index is 1040. The molecular weight excluding hydrogens is 524 g/mol. The van der Waals surface area contributed by atoms with Crippen molar-refractivity contribution < 1.29 is 24.5 Å². The molecular formula is C37H60O5. The molecule has 5 heteroatoms. The van der Waals surface area contributed by atoms with Gasteiger partial charge < -0.3 is 14.9 Å². The predicted molar refractivity (Wildman–Crippen MR) is 180 cm³/mol. The smallest absolute Gasteiger partial charge is 0.306 e. The van der Waals surface area contributed by atoms with Gasteiger partial charge in [-0.3, -0.25) is 9.59 Å². The van der Waals surface area contributed by atoms with E-state index < -0.39 is 5.97 Å². The summed E-state index contributed by atoms with van der Waals surface area (Å²) in [6.07, 6.45) is 13.6. The highest BCUT2D eigenvalue weighted by molar-refractivity contribution is 5.70. The summed E-state index contributed by atoms with van der Waals surface area (Å²) in [7, 11) is 0. The fraction of sp³-hybridized carbons (Fsp3) is 0.568. The van der Waals surface area contributed by atoms with Gasteiger partial charge in [-0.1, -0.05) is 95.9 Å². The van der Waals surface area contributed by atoms with Crippen molar-refractivity contribution in [3.63, 3.8) is 0 Å². The van der Waals surface area contributed by atoms with Gasteiger partial charge in [0.05, 0.1) is 5.92 Å². The van der Waals surface area contributed by atoms with Crippen molar-refractivity contribution in [1.82, 2.24) is 0 Å². The molecule has 42 heavy (non-hydrogen) atoms. The van der Waals surface area contributed by atoms with Gasteiger partial charge in [0.25, 0.3) is 0 Å². The van der Waals surface area contributed by atoms with Crippen LogP contribution in [0, 0.1) is 12.8 Å². The minimum Gasteiger partial charge on any atom is -0.507 e. The monoisotopic (exact) mass is 584 g/mol. The number of allylic oxidation sites excluding steroid dienone is 6. The van der Waals surface area contributed by atoms with Crippen LogP contribution in [0.25, 0.3) is 5.76 Å². The van der Waals surface area contributed by atoms with E-state index in [1.807, 2.05) is 52.8 Å². The highest BCUT2D eigenvalue weighted by atomic mass is 16.6. The Morgan fingerprint density at radius 3 is 1.86 bits per heavy atom. The number of hydrogen-bond acceptors (Lipinski definition) is 4. The Morgan fingerprint density at radius 1 is 0.976 bits per heavy atom. The summed E-state index contributed by atoms with van der Waals surface area (Å²) >= 11 is 0. The van der Waals surface area contributed by atoms with Crippen molar-refractivity contribution >= 4 is 17.7 Å². The van der Waals surface area contributed by atoms with Gasteiger partial charge in [-0.15, -0.1) is 0 Å². The Hall–Kier alpha value is -3.08. The van der Waals surface area contributed by atoms with Crippen LogP contribution in [0.1, 0.15) is 131 Å². The SMILES string of the molecule is C=C/C=C(C)/C(/C=C(/O)c1ccc(CC)cc1C)=C(/C)CC.CC(=O)OC(C)(C)C.CCCCC(CCCC)C(=O)O. The molecule has 5 nitrogen and oxygen atoms in total. The van der Waals surface area contributed by atoms with Crippen LogP contribution >= 0.6 is 0 Å². The first-order valence-electron chi connectivity index (χ1n) is 15.5. The topological polar surface area (TPSA) is 83.8 Å². The van der Waals surface area contributed by atoms with Gasteiger partial charge in [-0.2, -0.15) is 0 Å². The Balaban J connectivity index is 0. The van der Waals surface area contributed by atoms with E-state index in [1.54, 1.807) is 6.08 Å². The van der Waals surface area contributed by atoms with Gasteiger partial charge in [0.2, 0.25) is 0 Å². The predicted octanol–water partition coefficient (Wildman–Crippen LogP) is 10.7. The molecule has 0 heterocycles. The second-order valence-corrected chi connectivity index (χ2v) is 11.7. The van der Waals surface area contributed by atoms with Crippen molar-refractivity contribution in [2.75, 3.05) is 0 Å². The van der Waals surface area contributed by atoms with Gasteiger partial charge in [0.15, 0.2) is 0 Å². The third kappa shape index (κ3) is 19.1. The average molecular weight is 585 g/mol. The molecule has 0 spiro atoms. The number of rotatable bonds is 13. The maximum atomic E-state index is 10.7. The van der Waals surface area contributed by atoms with Crippen LogP contribution in [-0.4, -0.2) is 27.8 Å². The molecule has 238 valence electrons. The fourth-order valence-corrected chi connectivity index (χ4v) is 4.20. The molecule has 0 unspecified atom stereocenters. The summed E-state index contributed by atoms with van der Waals surface area (Å²) in [4.78, 5) is 20.9. The number of aliphatic carboxylic acids is 1. The molecule has 0 atom stereocenters. The zero-order chi connectivity index (χ0) is 32.9. The number of hydrogen-bond donors (Lipinski definition) is 2. The molecule has 0 radical (unpaired) electrons. The maximum Gasteiger partial charge on any atom is 0.306 e. The van der Waals surface area contributed by atoms with Gasteiger partial charge in [0, 0.05) is 12.5 Å². The van der Waals surface area contributed by atoms with Crippen molar-refractivity contribution in [2.24, 2.45) is 5.92 Å².